The molecule has 1 aliphatic heterocycles. The van der Waals surface area contributed by atoms with Crippen molar-refractivity contribution in [1.29, 1.82) is 0 Å². The number of hydrogen-bond donors (Lipinski definition) is 3. The number of aromatic carboxylic acids is 1. The minimum atomic E-state index is -1.10. The van der Waals surface area contributed by atoms with E-state index in [9.17, 15) is 15.0 Å². The molecule has 190 valence electrons. The molecule has 0 spiro atoms. The number of fused-ring (bicyclic) bond motifs is 1. The quantitative estimate of drug-likeness (QED) is 0.342. The Bertz CT molecular complexity index is 1190. The average molecular weight is 514 g/mol. The van der Waals surface area contributed by atoms with Crippen molar-refractivity contribution < 1.29 is 34.0 Å². The molecule has 0 saturated heterocycles. The summed E-state index contributed by atoms with van der Waals surface area (Å²) in [5, 5.41) is 22.8. The number of rotatable bonds is 11. The van der Waals surface area contributed by atoms with Crippen molar-refractivity contribution in [3.63, 3.8) is 0 Å². The van der Waals surface area contributed by atoms with E-state index in [4.69, 9.17) is 30.5 Å². The normalized spacial score (nSPS) is 15.4. The number of nitrogens with one attached hydrogen (secondary N) is 1. The van der Waals surface area contributed by atoms with Crippen molar-refractivity contribution in [3.05, 3.63) is 76.8 Å². The van der Waals surface area contributed by atoms with Crippen molar-refractivity contribution >= 4 is 17.6 Å². The lowest BCUT2D eigenvalue weighted by molar-refractivity contribution is 0.0696. The number of halogens is 1. The second kappa shape index (κ2) is 12.0. The van der Waals surface area contributed by atoms with Crippen LogP contribution < -0.4 is 24.3 Å². The van der Waals surface area contributed by atoms with Crippen LogP contribution in [-0.2, 0) is 6.42 Å². The van der Waals surface area contributed by atoms with Crippen LogP contribution >= 0.6 is 11.6 Å². The minimum absolute atomic E-state index is 0.0129. The van der Waals surface area contributed by atoms with E-state index in [0.29, 0.717) is 18.8 Å². The topological polar surface area (TPSA) is 106 Å². The molecule has 2 atom stereocenters. The van der Waals surface area contributed by atoms with Gasteiger partial charge in [-0.1, -0.05) is 29.8 Å². The van der Waals surface area contributed by atoms with Crippen LogP contribution in [0.1, 0.15) is 22.3 Å². The molecule has 0 bridgehead atoms. The maximum Gasteiger partial charge on any atom is 0.335 e. The van der Waals surface area contributed by atoms with Gasteiger partial charge >= 0.3 is 5.97 Å². The van der Waals surface area contributed by atoms with Gasteiger partial charge in [-0.3, -0.25) is 0 Å². The number of aliphatic hydroxyl groups excluding tert-OH is 1. The average Bonchev–Trinajstić information content (AvgIpc) is 2.89. The number of ether oxygens (including phenoxy) is 4. The summed E-state index contributed by atoms with van der Waals surface area (Å²) in [6.45, 7) is 1.21. The third-order valence-electron chi connectivity index (χ3n) is 5.70. The summed E-state index contributed by atoms with van der Waals surface area (Å²) in [6.07, 6.45) is 0.942. The molecule has 1 aliphatic rings. The molecule has 3 N–H and O–H groups in total. The van der Waals surface area contributed by atoms with Crippen LogP contribution in [0, 0.1) is 0 Å². The summed E-state index contributed by atoms with van der Waals surface area (Å²) < 4.78 is 22.9. The van der Waals surface area contributed by atoms with Crippen LogP contribution in [0.4, 0.5) is 0 Å². The van der Waals surface area contributed by atoms with Crippen LogP contribution in [0.3, 0.4) is 0 Å². The molecule has 1 heterocycles. The third kappa shape index (κ3) is 6.60. The molecule has 0 aliphatic carbocycles. The standard InChI is InChI=1S/C27H28ClNO7/c1-33-25-13-18(27(31)32)12-23(28)26(25)36-21-9-10-24-17(11-21)7-8-22(35-24)15-29-14-19(30)16-34-20-5-3-2-4-6-20/h2-6,9-13,19,22,29-30H,7-8,14-16H2,1H3,(H,31,32)/t19-,22+/m0/s1. The van der Waals surface area contributed by atoms with Crippen LogP contribution in [0.2, 0.25) is 5.02 Å². The van der Waals surface area contributed by atoms with Gasteiger partial charge in [0.1, 0.15) is 36.1 Å². The predicted octanol–water partition coefficient (Wildman–Crippen LogP) is 4.56. The number of benzene rings is 3. The SMILES string of the molecule is COc1cc(C(=O)O)cc(Cl)c1Oc1ccc2c(c1)CC[C@H](CNC[C@H](O)COc1ccccc1)O2. The first-order chi connectivity index (χ1) is 17.4. The first-order valence-electron chi connectivity index (χ1n) is 11.6. The highest BCUT2D eigenvalue weighted by Crippen LogP contribution is 2.41. The van der Waals surface area contributed by atoms with Crippen molar-refractivity contribution in [2.45, 2.75) is 25.0 Å². The molecular weight excluding hydrogens is 486 g/mol. The number of carbonyl (C=O) groups is 1. The predicted molar refractivity (Wildman–Crippen MR) is 135 cm³/mol. The molecular formula is C27H28ClNO7. The van der Waals surface area contributed by atoms with E-state index >= 15 is 0 Å². The van der Waals surface area contributed by atoms with E-state index in [1.807, 2.05) is 42.5 Å². The van der Waals surface area contributed by atoms with E-state index < -0.39 is 12.1 Å². The fourth-order valence-electron chi connectivity index (χ4n) is 3.87. The Balaban J connectivity index is 1.29. The van der Waals surface area contributed by atoms with Crippen molar-refractivity contribution in [1.82, 2.24) is 5.32 Å². The summed E-state index contributed by atoms with van der Waals surface area (Å²) >= 11 is 6.27. The van der Waals surface area contributed by atoms with Gasteiger partial charge < -0.3 is 34.5 Å². The highest BCUT2D eigenvalue weighted by molar-refractivity contribution is 6.32. The molecule has 0 aromatic heterocycles. The first kappa shape index (κ1) is 25.6. The molecule has 0 amide bonds. The molecule has 36 heavy (non-hydrogen) atoms. The number of carboxylic acid groups (broad SMARTS) is 1. The van der Waals surface area contributed by atoms with Crippen molar-refractivity contribution in [2.75, 3.05) is 26.8 Å². The molecule has 3 aromatic carbocycles. The lowest BCUT2D eigenvalue weighted by atomic mass is 10.0. The van der Waals surface area contributed by atoms with Crippen LogP contribution in [0.15, 0.2) is 60.7 Å². The number of aryl methyl sites for hydroxylation is 1. The van der Waals surface area contributed by atoms with Gasteiger partial charge in [-0.15, -0.1) is 0 Å². The number of aliphatic hydroxyl groups is 1. The van der Waals surface area contributed by atoms with E-state index in [2.05, 4.69) is 5.32 Å². The van der Waals surface area contributed by atoms with Crippen LogP contribution in [-0.4, -0.2) is 55.2 Å². The summed E-state index contributed by atoms with van der Waals surface area (Å²) in [7, 11) is 1.42. The van der Waals surface area contributed by atoms with E-state index in [1.54, 1.807) is 6.07 Å². The van der Waals surface area contributed by atoms with Crippen molar-refractivity contribution in [2.24, 2.45) is 0 Å². The van der Waals surface area contributed by atoms with Crippen LogP contribution in [0.25, 0.3) is 0 Å². The summed E-state index contributed by atoms with van der Waals surface area (Å²) in [4.78, 5) is 11.3. The number of para-hydroxylation sites is 1. The molecule has 9 heteroatoms. The highest BCUT2D eigenvalue weighted by atomic mass is 35.5. The smallest absolute Gasteiger partial charge is 0.335 e. The van der Waals surface area contributed by atoms with Gasteiger partial charge in [0.2, 0.25) is 0 Å². The lowest BCUT2D eigenvalue weighted by Crippen LogP contribution is -2.39. The maximum atomic E-state index is 11.3. The Morgan fingerprint density at radius 2 is 1.97 bits per heavy atom. The summed E-state index contributed by atoms with van der Waals surface area (Å²) in [6, 6.07) is 17.6. The van der Waals surface area contributed by atoms with Gasteiger partial charge in [0.25, 0.3) is 0 Å². The van der Waals surface area contributed by atoms with Gasteiger partial charge in [0, 0.05) is 13.1 Å². The second-order valence-electron chi connectivity index (χ2n) is 8.38. The first-order valence-corrected chi connectivity index (χ1v) is 12.0. The summed E-state index contributed by atoms with van der Waals surface area (Å²) in [5.41, 5.74) is 1.01. The zero-order chi connectivity index (χ0) is 25.5. The second-order valence-corrected chi connectivity index (χ2v) is 8.79. The molecule has 0 fully saturated rings. The molecule has 0 radical (unpaired) electrons. The third-order valence-corrected chi connectivity index (χ3v) is 5.98. The van der Waals surface area contributed by atoms with Crippen molar-refractivity contribution in [3.8, 4) is 28.7 Å². The Hall–Kier alpha value is -3.46. The number of carboxylic acids is 1. The van der Waals surface area contributed by atoms with Gasteiger partial charge in [-0.05, 0) is 60.9 Å². The number of methoxy groups -OCH3 is 1. The monoisotopic (exact) mass is 513 g/mol. The Morgan fingerprint density at radius 1 is 1.17 bits per heavy atom. The Labute approximate surface area is 214 Å². The van der Waals surface area contributed by atoms with Gasteiger partial charge in [-0.2, -0.15) is 0 Å². The summed E-state index contributed by atoms with van der Waals surface area (Å²) in [5.74, 6) is 1.41. The van der Waals surface area contributed by atoms with Gasteiger partial charge in [0.05, 0.1) is 17.7 Å². The molecule has 0 unspecified atom stereocenters. The molecule has 0 saturated carbocycles. The zero-order valence-corrected chi connectivity index (χ0v) is 20.5. The van der Waals surface area contributed by atoms with E-state index in [0.717, 1.165) is 29.9 Å². The van der Waals surface area contributed by atoms with E-state index in [1.165, 1.54) is 19.2 Å². The fraction of sp³-hybridized carbons (Fsp3) is 0.296. The van der Waals surface area contributed by atoms with E-state index in [-0.39, 0.29) is 34.8 Å². The minimum Gasteiger partial charge on any atom is -0.493 e. The number of hydrogen-bond acceptors (Lipinski definition) is 7. The molecule has 4 rings (SSSR count). The van der Waals surface area contributed by atoms with Gasteiger partial charge in [-0.25, -0.2) is 4.79 Å². The Kier molecular flexibility index (Phi) is 8.53. The maximum absolute atomic E-state index is 11.3. The largest absolute Gasteiger partial charge is 0.493 e. The lowest BCUT2D eigenvalue weighted by Gasteiger charge is -2.27. The Morgan fingerprint density at radius 3 is 2.72 bits per heavy atom. The zero-order valence-electron chi connectivity index (χ0n) is 19.8. The van der Waals surface area contributed by atoms with Gasteiger partial charge in [0.15, 0.2) is 11.5 Å². The molecule has 8 nitrogen and oxygen atoms in total. The fourth-order valence-corrected chi connectivity index (χ4v) is 4.12. The molecule has 3 aromatic rings. The highest BCUT2D eigenvalue weighted by Gasteiger charge is 2.22. The van der Waals surface area contributed by atoms with Crippen LogP contribution in [0.5, 0.6) is 28.7 Å².